The summed E-state index contributed by atoms with van der Waals surface area (Å²) >= 11 is 0. The fraction of sp³-hybridized carbons (Fsp3) is 0.467. The molecular weight excluding hydrogens is 256 g/mol. The largest absolute Gasteiger partial charge is 0.480 e. The quantitative estimate of drug-likeness (QED) is 0.722. The van der Waals surface area contributed by atoms with Crippen LogP contribution in [0.2, 0.25) is 0 Å². The highest BCUT2D eigenvalue weighted by Crippen LogP contribution is 2.08. The Morgan fingerprint density at radius 2 is 2.05 bits per heavy atom. The number of nitrogens with one attached hydrogen (secondary N) is 2. The molecule has 0 unspecified atom stereocenters. The van der Waals surface area contributed by atoms with Gasteiger partial charge in [0.1, 0.15) is 6.04 Å². The summed E-state index contributed by atoms with van der Waals surface area (Å²) in [6.45, 7) is 0.529. The number of carbonyl (C=O) groups excluding carboxylic acids is 1. The molecule has 1 aliphatic heterocycles. The summed E-state index contributed by atoms with van der Waals surface area (Å²) in [7, 11) is 0. The lowest BCUT2D eigenvalue weighted by Gasteiger charge is -2.11. The zero-order valence-electron chi connectivity index (χ0n) is 11.3. The number of hydrogen-bond donors (Lipinski definition) is 3. The molecule has 5 nitrogen and oxygen atoms in total. The number of rotatable bonds is 6. The van der Waals surface area contributed by atoms with Crippen molar-refractivity contribution in [3.8, 4) is 0 Å². The van der Waals surface area contributed by atoms with E-state index in [1.807, 2.05) is 18.2 Å². The van der Waals surface area contributed by atoms with Crippen LogP contribution in [-0.2, 0) is 16.0 Å². The lowest BCUT2D eigenvalue weighted by atomic mass is 10.1. The Bertz CT molecular complexity index is 461. The topological polar surface area (TPSA) is 78.4 Å². The van der Waals surface area contributed by atoms with Crippen molar-refractivity contribution >= 4 is 11.9 Å². The molecule has 1 aliphatic rings. The van der Waals surface area contributed by atoms with Gasteiger partial charge in [-0.3, -0.25) is 9.59 Å². The summed E-state index contributed by atoms with van der Waals surface area (Å²) in [5.74, 6) is -0.857. The van der Waals surface area contributed by atoms with E-state index in [9.17, 15) is 9.59 Å². The van der Waals surface area contributed by atoms with Crippen molar-refractivity contribution in [2.75, 3.05) is 6.54 Å². The molecule has 3 N–H and O–H groups in total. The van der Waals surface area contributed by atoms with E-state index < -0.39 is 12.0 Å². The Morgan fingerprint density at radius 3 is 2.70 bits per heavy atom. The Balaban J connectivity index is 1.65. The van der Waals surface area contributed by atoms with Gasteiger partial charge in [0.05, 0.1) is 0 Å². The van der Waals surface area contributed by atoms with E-state index in [-0.39, 0.29) is 11.9 Å². The van der Waals surface area contributed by atoms with Gasteiger partial charge >= 0.3 is 5.97 Å². The third-order valence-corrected chi connectivity index (χ3v) is 3.51. The number of aryl methyl sites for hydroxylation is 1. The zero-order chi connectivity index (χ0) is 14.4. The van der Waals surface area contributed by atoms with Crippen LogP contribution in [0.1, 0.15) is 24.8 Å². The molecule has 0 spiro atoms. The summed E-state index contributed by atoms with van der Waals surface area (Å²) in [6.07, 6.45) is 2.62. The second-order valence-electron chi connectivity index (χ2n) is 5.14. The van der Waals surface area contributed by atoms with Gasteiger partial charge in [-0.05, 0) is 24.8 Å². The minimum atomic E-state index is -0.856. The van der Waals surface area contributed by atoms with Crippen LogP contribution < -0.4 is 10.6 Å². The Hall–Kier alpha value is -1.88. The average molecular weight is 276 g/mol. The van der Waals surface area contributed by atoms with E-state index in [0.717, 1.165) is 12.8 Å². The molecule has 2 atom stereocenters. The maximum Gasteiger partial charge on any atom is 0.320 e. The van der Waals surface area contributed by atoms with Gasteiger partial charge in [0, 0.05) is 19.0 Å². The summed E-state index contributed by atoms with van der Waals surface area (Å²) in [5.41, 5.74) is 1.23. The molecule has 1 heterocycles. The fourth-order valence-corrected chi connectivity index (χ4v) is 2.43. The number of carboxylic acids is 1. The van der Waals surface area contributed by atoms with E-state index in [4.69, 9.17) is 5.11 Å². The summed E-state index contributed by atoms with van der Waals surface area (Å²) in [5, 5.41) is 14.6. The maximum atomic E-state index is 11.8. The van der Waals surface area contributed by atoms with Crippen LogP contribution >= 0.6 is 0 Å². The molecular formula is C15H20N2O3. The first-order valence-corrected chi connectivity index (χ1v) is 6.94. The lowest BCUT2D eigenvalue weighted by Crippen LogP contribution is -2.36. The minimum Gasteiger partial charge on any atom is -0.480 e. The molecule has 1 fully saturated rings. The first kappa shape index (κ1) is 14.5. The summed E-state index contributed by atoms with van der Waals surface area (Å²) in [4.78, 5) is 22.6. The van der Waals surface area contributed by atoms with Gasteiger partial charge in [0.25, 0.3) is 0 Å². The van der Waals surface area contributed by atoms with E-state index >= 15 is 0 Å². The van der Waals surface area contributed by atoms with E-state index in [1.165, 1.54) is 5.56 Å². The number of aliphatic carboxylic acids is 1. The minimum absolute atomic E-state index is 0.00114. The molecule has 1 aromatic rings. The van der Waals surface area contributed by atoms with E-state index in [1.54, 1.807) is 0 Å². The number of benzene rings is 1. The molecule has 2 rings (SSSR count). The molecule has 1 amide bonds. The van der Waals surface area contributed by atoms with E-state index in [2.05, 4.69) is 22.8 Å². The van der Waals surface area contributed by atoms with Crippen LogP contribution in [0.15, 0.2) is 30.3 Å². The van der Waals surface area contributed by atoms with Gasteiger partial charge in [-0.25, -0.2) is 0 Å². The van der Waals surface area contributed by atoms with Gasteiger partial charge in [0.15, 0.2) is 0 Å². The molecule has 0 aliphatic carbocycles. The molecule has 0 aromatic heterocycles. The molecule has 0 radical (unpaired) electrons. The Labute approximate surface area is 118 Å². The van der Waals surface area contributed by atoms with Crippen molar-refractivity contribution in [1.82, 2.24) is 10.6 Å². The van der Waals surface area contributed by atoms with Crippen LogP contribution in [0.25, 0.3) is 0 Å². The highest BCUT2D eigenvalue weighted by atomic mass is 16.4. The molecule has 20 heavy (non-hydrogen) atoms. The highest BCUT2D eigenvalue weighted by molar-refractivity contribution is 5.77. The molecule has 1 saturated heterocycles. The molecule has 5 heteroatoms. The smallest absolute Gasteiger partial charge is 0.320 e. The lowest BCUT2D eigenvalue weighted by molar-refractivity contribution is -0.139. The Morgan fingerprint density at radius 1 is 1.30 bits per heavy atom. The van der Waals surface area contributed by atoms with Crippen LogP contribution in [0.3, 0.4) is 0 Å². The van der Waals surface area contributed by atoms with E-state index in [0.29, 0.717) is 19.4 Å². The first-order valence-electron chi connectivity index (χ1n) is 6.94. The van der Waals surface area contributed by atoms with Gasteiger partial charge in [-0.1, -0.05) is 30.3 Å². The molecule has 108 valence electrons. The first-order chi connectivity index (χ1) is 9.65. The third kappa shape index (κ3) is 4.35. The fourth-order valence-electron chi connectivity index (χ4n) is 2.43. The van der Waals surface area contributed by atoms with Crippen molar-refractivity contribution < 1.29 is 14.7 Å². The molecule has 0 saturated carbocycles. The second kappa shape index (κ2) is 7.05. The molecule has 1 aromatic carbocycles. The third-order valence-electron chi connectivity index (χ3n) is 3.51. The predicted octanol–water partition coefficient (Wildman–Crippen LogP) is 0.941. The maximum absolute atomic E-state index is 11.8. The van der Waals surface area contributed by atoms with Crippen LogP contribution in [-0.4, -0.2) is 35.6 Å². The average Bonchev–Trinajstić information content (AvgIpc) is 2.88. The van der Waals surface area contributed by atoms with Crippen LogP contribution in [0.4, 0.5) is 0 Å². The number of carbonyl (C=O) groups is 2. The normalized spacial score (nSPS) is 21.6. The SMILES string of the molecule is O=C(CCCc1ccccc1)N[C@H]1CN[C@H](C(=O)O)C1. The summed E-state index contributed by atoms with van der Waals surface area (Å²) in [6, 6.07) is 9.45. The van der Waals surface area contributed by atoms with Crippen molar-refractivity contribution in [2.24, 2.45) is 0 Å². The van der Waals surface area contributed by atoms with Crippen molar-refractivity contribution in [3.63, 3.8) is 0 Å². The highest BCUT2D eigenvalue weighted by Gasteiger charge is 2.29. The van der Waals surface area contributed by atoms with Gasteiger partial charge in [-0.2, -0.15) is 0 Å². The number of hydrogen-bond acceptors (Lipinski definition) is 3. The summed E-state index contributed by atoms with van der Waals surface area (Å²) < 4.78 is 0. The van der Waals surface area contributed by atoms with Crippen LogP contribution in [0.5, 0.6) is 0 Å². The number of amides is 1. The van der Waals surface area contributed by atoms with Gasteiger partial charge in [-0.15, -0.1) is 0 Å². The van der Waals surface area contributed by atoms with Crippen molar-refractivity contribution in [2.45, 2.75) is 37.8 Å². The van der Waals surface area contributed by atoms with Crippen LogP contribution in [0, 0.1) is 0 Å². The van der Waals surface area contributed by atoms with Crippen molar-refractivity contribution in [3.05, 3.63) is 35.9 Å². The zero-order valence-corrected chi connectivity index (χ0v) is 11.3. The molecule has 0 bridgehead atoms. The standard InChI is InChI=1S/C15H20N2O3/c18-14(8-4-7-11-5-2-1-3-6-11)17-12-9-13(15(19)20)16-10-12/h1-3,5-6,12-13,16H,4,7-10H2,(H,17,18)(H,19,20)/t12-,13+/m1/s1. The van der Waals surface area contributed by atoms with Crippen molar-refractivity contribution in [1.29, 1.82) is 0 Å². The van der Waals surface area contributed by atoms with Gasteiger partial charge in [0.2, 0.25) is 5.91 Å². The Kier molecular flexibility index (Phi) is 5.12. The monoisotopic (exact) mass is 276 g/mol. The second-order valence-corrected chi connectivity index (χ2v) is 5.14. The number of carboxylic acid groups (broad SMARTS) is 1. The predicted molar refractivity (Wildman–Crippen MR) is 75.4 cm³/mol. The van der Waals surface area contributed by atoms with Gasteiger partial charge < -0.3 is 15.7 Å².